The summed E-state index contributed by atoms with van der Waals surface area (Å²) in [7, 11) is -3.51. The summed E-state index contributed by atoms with van der Waals surface area (Å²) in [5.74, 6) is -0.371. The van der Waals surface area contributed by atoms with Crippen molar-refractivity contribution in [3.63, 3.8) is 0 Å². The first-order valence-corrected chi connectivity index (χ1v) is 12.7. The number of carbonyl (C=O) groups excluding carboxylic acids is 1. The molecule has 0 amide bonds. The smallest absolute Gasteiger partial charge is 1.00 e. The van der Waals surface area contributed by atoms with Gasteiger partial charge >= 0.3 is 29.6 Å². The Morgan fingerprint density at radius 3 is 2.27 bits per heavy atom. The first-order valence-electron chi connectivity index (χ1n) is 11.2. The van der Waals surface area contributed by atoms with Crippen LogP contribution in [0.2, 0.25) is 0 Å². The van der Waals surface area contributed by atoms with E-state index in [0.29, 0.717) is 24.1 Å². The number of unbranched alkanes of at least 4 members (excludes halogenated alkanes) is 2. The molecule has 0 radical (unpaired) electrons. The molecule has 4 rings (SSSR count). The van der Waals surface area contributed by atoms with Crippen molar-refractivity contribution >= 4 is 33.8 Å². The van der Waals surface area contributed by atoms with Crippen LogP contribution in [-0.2, 0) is 10.2 Å². The van der Waals surface area contributed by atoms with Crippen molar-refractivity contribution in [3.05, 3.63) is 65.2 Å². The van der Waals surface area contributed by atoms with Crippen molar-refractivity contribution in [1.82, 2.24) is 0 Å². The Bertz CT molecular complexity index is 1110. The van der Waals surface area contributed by atoms with E-state index in [1.165, 1.54) is 0 Å². The van der Waals surface area contributed by atoms with Gasteiger partial charge < -0.3 is 11.8 Å². The molecule has 0 aromatic heterocycles. The fourth-order valence-electron chi connectivity index (χ4n) is 4.75. The van der Waals surface area contributed by atoms with Crippen LogP contribution >= 0.6 is 10.8 Å². The molecule has 1 aliphatic carbocycles. The third kappa shape index (κ3) is 4.55. The third-order valence-electron chi connectivity index (χ3n) is 6.40. The van der Waals surface area contributed by atoms with Crippen LogP contribution in [-0.4, -0.2) is 25.8 Å². The van der Waals surface area contributed by atoms with E-state index in [2.05, 4.69) is 23.6 Å². The van der Waals surface area contributed by atoms with E-state index in [1.807, 2.05) is 24.3 Å². The van der Waals surface area contributed by atoms with E-state index in [0.717, 1.165) is 31.2 Å². The summed E-state index contributed by atoms with van der Waals surface area (Å²) >= 11 is 0. The molecule has 1 heterocycles. The van der Waals surface area contributed by atoms with Gasteiger partial charge in [-0.15, -0.1) is 4.40 Å². The number of ketones is 1. The number of para-hydroxylation sites is 1. The average Bonchev–Trinajstić information content (AvgIpc) is 2.78. The van der Waals surface area contributed by atoms with E-state index in [1.54, 1.807) is 24.3 Å². The summed E-state index contributed by atoms with van der Waals surface area (Å²) in [6, 6.07) is 14.3. The van der Waals surface area contributed by atoms with Crippen LogP contribution in [0, 0.1) is 0 Å². The van der Waals surface area contributed by atoms with E-state index in [-0.39, 0.29) is 58.8 Å². The Morgan fingerprint density at radius 2 is 1.61 bits per heavy atom. The summed E-state index contributed by atoms with van der Waals surface area (Å²) in [6.45, 7) is 4.19. The molecule has 4 N–H and O–H groups in total. The second-order valence-electron chi connectivity index (χ2n) is 8.47. The normalized spacial score (nSPS) is 18.9. The number of benzene rings is 2. The fourth-order valence-corrected chi connectivity index (χ4v) is 5.92. The van der Waals surface area contributed by atoms with Gasteiger partial charge in [0, 0.05) is 5.56 Å². The van der Waals surface area contributed by atoms with Crippen molar-refractivity contribution < 1.29 is 50.0 Å². The van der Waals surface area contributed by atoms with Crippen molar-refractivity contribution in [2.75, 3.05) is 5.32 Å². The Hall–Kier alpha value is -1.61. The maximum Gasteiger partial charge on any atom is 1.00 e. The van der Waals surface area contributed by atoms with Gasteiger partial charge in [0.15, 0.2) is 11.6 Å². The van der Waals surface area contributed by atoms with E-state index in [9.17, 15) is 19.0 Å². The van der Waals surface area contributed by atoms with Crippen LogP contribution in [0.15, 0.2) is 63.4 Å². The van der Waals surface area contributed by atoms with Gasteiger partial charge in [-0.2, -0.15) is 0 Å². The van der Waals surface area contributed by atoms with Crippen LogP contribution in [0.1, 0.15) is 64.9 Å². The minimum atomic E-state index is -3.51. The predicted molar refractivity (Wildman–Crippen MR) is 131 cm³/mol. The molecule has 0 saturated heterocycles. The largest absolute Gasteiger partial charge is 1.00 e. The van der Waals surface area contributed by atoms with Crippen LogP contribution in [0.5, 0.6) is 0 Å². The van der Waals surface area contributed by atoms with Gasteiger partial charge in [0.1, 0.15) is 16.2 Å². The number of fused-ring (bicyclic) bond motifs is 2. The van der Waals surface area contributed by atoms with Gasteiger partial charge in [-0.1, -0.05) is 86.7 Å². The fraction of sp³-hybridized carbons (Fsp3) is 0.360. The number of nitrogens with one attached hydrogen (secondary N) is 1. The number of aliphatic hydroxyl groups is 1. The second-order valence-corrected chi connectivity index (χ2v) is 10.1. The van der Waals surface area contributed by atoms with Crippen LogP contribution in [0.3, 0.4) is 0 Å². The number of anilines is 1. The molecule has 1 aliphatic heterocycles. The quantitative estimate of drug-likeness (QED) is 0.453. The molecule has 2 aliphatic rings. The van der Waals surface area contributed by atoms with Crippen molar-refractivity contribution in [1.29, 1.82) is 0 Å². The number of carbonyl (C=O) groups is 1. The minimum Gasteiger partial charge on any atom is -1.00 e. The summed E-state index contributed by atoms with van der Waals surface area (Å²) in [6.07, 6.45) is 4.96. The van der Waals surface area contributed by atoms with Crippen molar-refractivity contribution in [2.45, 2.75) is 62.7 Å². The minimum absolute atomic E-state index is 0. The molecule has 0 atom stereocenters. The number of nitrogens with zero attached hydrogens (tertiary/aromatic N) is 1. The number of hydrogen-bond acceptors (Lipinski definition) is 6. The van der Waals surface area contributed by atoms with Crippen LogP contribution < -0.4 is 34.9 Å². The van der Waals surface area contributed by atoms with Crippen LogP contribution in [0.25, 0.3) is 5.76 Å². The van der Waals surface area contributed by atoms with Gasteiger partial charge in [-0.05, 0) is 30.5 Å². The molecule has 0 saturated carbocycles. The Balaban J connectivity index is 0.00000204. The Kier molecular flexibility index (Phi) is 8.15. The molecule has 6 nitrogen and oxygen atoms in total. The first kappa shape index (κ1) is 26.0. The summed E-state index contributed by atoms with van der Waals surface area (Å²) in [5.41, 5.74) is 1.17. The van der Waals surface area contributed by atoms with Gasteiger partial charge in [0.05, 0.1) is 11.1 Å². The van der Waals surface area contributed by atoms with Gasteiger partial charge in [-0.25, -0.2) is 0 Å². The van der Waals surface area contributed by atoms with Crippen LogP contribution in [0.4, 0.5) is 5.69 Å². The standard InChI is InChI=1S/C25H30N2O4S.Na.H/c1-3-5-15-25(16-6-4-2)18-12-8-7-11-17(18)22(28)21(23(25)29)24-26-19-13-9-10-14-20(19)32(30,31)27-24;;/h7-14,28,30-31H,3-6,15-16H2,1-2H3,(H,26,27);;/q;+1;-1. The SMILES string of the molecule is CCCCC1(CCCC)C(=O)C(C2=NS(O)(O)c3ccccc3N2)=C(O)c2ccccc21.[H-].[Na+]. The van der Waals surface area contributed by atoms with Crippen molar-refractivity contribution in [2.24, 2.45) is 4.40 Å². The molecule has 0 unspecified atom stereocenters. The van der Waals surface area contributed by atoms with E-state index in [4.69, 9.17) is 0 Å². The number of Topliss-reactive ketones (excluding diaryl/α,β-unsaturated/α-hetero) is 1. The molecule has 172 valence electrons. The van der Waals surface area contributed by atoms with E-state index >= 15 is 0 Å². The first-order chi connectivity index (χ1) is 15.4. The molecule has 0 spiro atoms. The van der Waals surface area contributed by atoms with Gasteiger partial charge in [0.2, 0.25) is 0 Å². The summed E-state index contributed by atoms with van der Waals surface area (Å²) < 4.78 is 25.5. The third-order valence-corrected chi connectivity index (χ3v) is 7.78. The van der Waals surface area contributed by atoms with Gasteiger partial charge in [-0.3, -0.25) is 13.9 Å². The zero-order valence-electron chi connectivity index (χ0n) is 20.5. The number of rotatable bonds is 7. The molecular weight excluding hydrogens is 447 g/mol. The number of amidine groups is 1. The van der Waals surface area contributed by atoms with Crippen molar-refractivity contribution in [3.8, 4) is 0 Å². The monoisotopic (exact) mass is 478 g/mol. The topological polar surface area (TPSA) is 102 Å². The second kappa shape index (κ2) is 10.3. The molecule has 0 bridgehead atoms. The molecule has 2 aromatic rings. The summed E-state index contributed by atoms with van der Waals surface area (Å²) in [5, 5.41) is 14.3. The number of aliphatic hydroxyl groups excluding tert-OH is 1. The zero-order chi connectivity index (χ0) is 22.9. The summed E-state index contributed by atoms with van der Waals surface area (Å²) in [4.78, 5) is 14.4. The Labute approximate surface area is 220 Å². The molecule has 0 fully saturated rings. The Morgan fingerprint density at radius 1 is 1.00 bits per heavy atom. The predicted octanol–water partition coefficient (Wildman–Crippen LogP) is 3.82. The maximum absolute atomic E-state index is 14.2. The zero-order valence-corrected chi connectivity index (χ0v) is 22.3. The van der Waals surface area contributed by atoms with E-state index < -0.39 is 16.2 Å². The van der Waals surface area contributed by atoms with Gasteiger partial charge in [0.25, 0.3) is 0 Å². The average molecular weight is 479 g/mol. The molecule has 8 heteroatoms. The molecule has 2 aromatic carbocycles. The number of hydrogen-bond donors (Lipinski definition) is 4. The molecular formula is C25H31N2NaO4S. The molecule has 33 heavy (non-hydrogen) atoms. The maximum atomic E-state index is 14.2.